The van der Waals surface area contributed by atoms with Gasteiger partial charge in [-0.25, -0.2) is 0 Å². The van der Waals surface area contributed by atoms with Gasteiger partial charge in [-0.05, 0) is 12.8 Å². The molecule has 0 bridgehead atoms. The summed E-state index contributed by atoms with van der Waals surface area (Å²) in [7, 11) is 4.38. The summed E-state index contributed by atoms with van der Waals surface area (Å²) in [4.78, 5) is 23.8. The molecule has 0 N–H and O–H groups in total. The van der Waals surface area contributed by atoms with Crippen molar-refractivity contribution in [3.8, 4) is 0 Å². The molecule has 2 fully saturated rings. The topological polar surface area (TPSA) is 71.1 Å². The highest BCUT2D eigenvalue weighted by molar-refractivity contribution is 5.69. The van der Waals surface area contributed by atoms with Gasteiger partial charge in [0.25, 0.3) is 0 Å². The van der Waals surface area contributed by atoms with Crippen LogP contribution in [0, 0.1) is 0 Å². The predicted molar refractivity (Wildman–Crippen MR) is 117 cm³/mol. The molecule has 2 rings (SSSR count). The van der Waals surface area contributed by atoms with Crippen molar-refractivity contribution < 1.29 is 37.5 Å². The molecule has 2 heterocycles. The zero-order valence-corrected chi connectivity index (χ0v) is 19.8. The van der Waals surface area contributed by atoms with Crippen LogP contribution in [-0.2, 0) is 28.5 Å². The third-order valence-electron chi connectivity index (χ3n) is 6.65. The Labute approximate surface area is 187 Å². The highest BCUT2D eigenvalue weighted by Gasteiger charge is 2.26. The van der Waals surface area contributed by atoms with Crippen molar-refractivity contribution in [3.05, 3.63) is 0 Å². The first kappa shape index (κ1) is 26.0. The van der Waals surface area contributed by atoms with Crippen molar-refractivity contribution >= 4 is 11.9 Å². The Morgan fingerprint density at radius 3 is 1.39 bits per heavy atom. The standard InChI is InChI=1S/C23H44N2O6/c1-24(10-16-28-17-11-24)14-20-30-22(26)8-6-4-3-5-7-9-23(27)31-21-15-25(2)12-18-29-19-13-25/h3-21H2,1-2H3/q+2. The maximum atomic E-state index is 11.9. The normalized spacial score (nSPS) is 20.2. The van der Waals surface area contributed by atoms with Crippen molar-refractivity contribution in [2.75, 3.05) is 93.0 Å². The summed E-state index contributed by atoms with van der Waals surface area (Å²) in [6.45, 7) is 9.79. The van der Waals surface area contributed by atoms with E-state index in [2.05, 4.69) is 14.1 Å². The molecule has 2 aliphatic rings. The molecule has 180 valence electrons. The number of hydrogen-bond acceptors (Lipinski definition) is 6. The Balaban J connectivity index is 1.37. The van der Waals surface area contributed by atoms with Crippen molar-refractivity contribution in [3.63, 3.8) is 0 Å². The van der Waals surface area contributed by atoms with E-state index in [0.29, 0.717) is 26.1 Å². The highest BCUT2D eigenvalue weighted by atomic mass is 16.5. The minimum absolute atomic E-state index is 0.0972. The average molecular weight is 445 g/mol. The van der Waals surface area contributed by atoms with Crippen molar-refractivity contribution in [1.82, 2.24) is 0 Å². The lowest BCUT2D eigenvalue weighted by Crippen LogP contribution is -2.53. The predicted octanol–water partition coefficient (Wildman–Crippen LogP) is 1.76. The molecule has 0 aliphatic carbocycles. The number of carbonyl (C=O) groups is 2. The fourth-order valence-electron chi connectivity index (χ4n) is 3.99. The molecule has 31 heavy (non-hydrogen) atoms. The summed E-state index contributed by atoms with van der Waals surface area (Å²) in [5, 5.41) is 0. The lowest BCUT2D eigenvalue weighted by atomic mass is 10.1. The van der Waals surface area contributed by atoms with Crippen molar-refractivity contribution in [2.24, 2.45) is 0 Å². The number of rotatable bonds is 14. The van der Waals surface area contributed by atoms with Gasteiger partial charge in [0.15, 0.2) is 0 Å². The molecular formula is C23H44N2O6+2. The second-order valence-corrected chi connectivity index (χ2v) is 9.51. The van der Waals surface area contributed by atoms with Crippen molar-refractivity contribution in [2.45, 2.75) is 44.9 Å². The van der Waals surface area contributed by atoms with Crippen LogP contribution in [0.5, 0.6) is 0 Å². The minimum Gasteiger partial charge on any atom is -0.460 e. The van der Waals surface area contributed by atoms with E-state index in [-0.39, 0.29) is 11.9 Å². The van der Waals surface area contributed by atoms with Crippen LogP contribution in [0.3, 0.4) is 0 Å². The van der Waals surface area contributed by atoms with Crippen LogP contribution in [0.4, 0.5) is 0 Å². The van der Waals surface area contributed by atoms with Gasteiger partial charge in [-0.2, -0.15) is 0 Å². The molecule has 0 atom stereocenters. The van der Waals surface area contributed by atoms with Gasteiger partial charge in [-0.1, -0.05) is 19.3 Å². The van der Waals surface area contributed by atoms with E-state index in [0.717, 1.165) is 107 Å². The van der Waals surface area contributed by atoms with Crippen LogP contribution in [-0.4, -0.2) is 114 Å². The lowest BCUT2D eigenvalue weighted by molar-refractivity contribution is -0.917. The molecular weight excluding hydrogens is 400 g/mol. The molecule has 2 aliphatic heterocycles. The SMILES string of the molecule is C[N+]1(CCOC(=O)CCCCCCCC(=O)OCC[N+]2(C)CCOCC2)CCOCC1. The smallest absolute Gasteiger partial charge is 0.305 e. The summed E-state index contributed by atoms with van der Waals surface area (Å²) >= 11 is 0. The number of ether oxygens (including phenoxy) is 4. The maximum Gasteiger partial charge on any atom is 0.305 e. The molecule has 0 unspecified atom stereocenters. The molecule has 0 aromatic heterocycles. The summed E-state index contributed by atoms with van der Waals surface area (Å²) in [6, 6.07) is 0. The monoisotopic (exact) mass is 444 g/mol. The summed E-state index contributed by atoms with van der Waals surface area (Å²) in [6.07, 6.45) is 5.69. The first-order valence-electron chi connectivity index (χ1n) is 12.0. The zero-order valence-electron chi connectivity index (χ0n) is 19.8. The van der Waals surface area contributed by atoms with E-state index in [1.165, 1.54) is 0 Å². The van der Waals surface area contributed by atoms with Crippen molar-refractivity contribution in [1.29, 1.82) is 0 Å². The van der Waals surface area contributed by atoms with Gasteiger partial charge in [0.05, 0.1) is 40.5 Å². The van der Waals surface area contributed by atoms with Crippen LogP contribution < -0.4 is 0 Å². The Morgan fingerprint density at radius 2 is 1.00 bits per heavy atom. The molecule has 0 aromatic carbocycles. The molecule has 0 saturated carbocycles. The van der Waals surface area contributed by atoms with Gasteiger partial charge in [0, 0.05) is 12.8 Å². The van der Waals surface area contributed by atoms with Gasteiger partial charge in [-0.3, -0.25) is 9.59 Å². The van der Waals surface area contributed by atoms with Crippen LogP contribution in [0.2, 0.25) is 0 Å². The lowest BCUT2D eigenvalue weighted by Gasteiger charge is -2.37. The summed E-state index contributed by atoms with van der Waals surface area (Å²) < 4.78 is 23.4. The van der Waals surface area contributed by atoms with Gasteiger partial charge in [-0.15, -0.1) is 0 Å². The second-order valence-electron chi connectivity index (χ2n) is 9.51. The third kappa shape index (κ3) is 11.3. The maximum absolute atomic E-state index is 11.9. The van der Waals surface area contributed by atoms with E-state index in [9.17, 15) is 9.59 Å². The zero-order chi connectivity index (χ0) is 22.4. The number of nitrogens with zero attached hydrogens (tertiary/aromatic N) is 2. The van der Waals surface area contributed by atoms with Gasteiger partial charge >= 0.3 is 11.9 Å². The molecule has 8 nitrogen and oxygen atoms in total. The van der Waals surface area contributed by atoms with E-state index in [1.54, 1.807) is 0 Å². The molecule has 0 spiro atoms. The fraction of sp³-hybridized carbons (Fsp3) is 0.913. The minimum atomic E-state index is -0.0972. The number of hydrogen-bond donors (Lipinski definition) is 0. The van der Waals surface area contributed by atoms with Gasteiger partial charge in [0.1, 0.15) is 52.5 Å². The third-order valence-corrected chi connectivity index (χ3v) is 6.65. The number of quaternary nitrogens is 2. The first-order chi connectivity index (χ1) is 14.9. The van der Waals surface area contributed by atoms with E-state index in [1.807, 2.05) is 0 Å². The average Bonchev–Trinajstić information content (AvgIpc) is 2.74. The molecule has 0 amide bonds. The Morgan fingerprint density at radius 1 is 0.645 bits per heavy atom. The van der Waals surface area contributed by atoms with Gasteiger partial charge < -0.3 is 27.9 Å². The Bertz CT molecular complexity index is 484. The van der Waals surface area contributed by atoms with Crippen LogP contribution in [0.1, 0.15) is 44.9 Å². The molecule has 2 saturated heterocycles. The van der Waals surface area contributed by atoms with E-state index >= 15 is 0 Å². The van der Waals surface area contributed by atoms with E-state index < -0.39 is 0 Å². The van der Waals surface area contributed by atoms with Crippen LogP contribution in [0.25, 0.3) is 0 Å². The summed E-state index contributed by atoms with van der Waals surface area (Å²) in [5.74, 6) is -0.194. The van der Waals surface area contributed by atoms with Crippen LogP contribution >= 0.6 is 0 Å². The van der Waals surface area contributed by atoms with Crippen LogP contribution in [0.15, 0.2) is 0 Å². The molecule has 0 radical (unpaired) electrons. The van der Waals surface area contributed by atoms with Gasteiger partial charge in [0.2, 0.25) is 0 Å². The fourth-order valence-corrected chi connectivity index (χ4v) is 3.99. The highest BCUT2D eigenvalue weighted by Crippen LogP contribution is 2.11. The number of morpholine rings is 2. The Kier molecular flexibility index (Phi) is 11.8. The largest absolute Gasteiger partial charge is 0.460 e. The second kappa shape index (κ2) is 14.0. The first-order valence-corrected chi connectivity index (χ1v) is 12.0. The summed E-state index contributed by atoms with van der Waals surface area (Å²) in [5.41, 5.74) is 0. The quantitative estimate of drug-likeness (QED) is 0.231. The Hall–Kier alpha value is -1.22. The number of carbonyl (C=O) groups excluding carboxylic acids is 2. The number of likely N-dealkylation sites (N-methyl/N-ethyl adjacent to an activating group) is 2. The van der Waals surface area contributed by atoms with E-state index in [4.69, 9.17) is 18.9 Å². The number of unbranched alkanes of at least 4 members (excludes halogenated alkanes) is 4. The molecule has 8 heteroatoms. The number of esters is 2. The molecule has 0 aromatic rings.